The van der Waals surface area contributed by atoms with Gasteiger partial charge in [0.05, 0.1) is 11.4 Å². The van der Waals surface area contributed by atoms with Crippen LogP contribution in [0.1, 0.15) is 43.5 Å². The second kappa shape index (κ2) is 6.39. The van der Waals surface area contributed by atoms with Crippen LogP contribution in [-0.2, 0) is 9.59 Å². The predicted octanol–water partition coefficient (Wildman–Crippen LogP) is 3.84. The summed E-state index contributed by atoms with van der Waals surface area (Å²) in [6, 6.07) is 5.77. The van der Waals surface area contributed by atoms with Crippen molar-refractivity contribution in [2.45, 2.75) is 37.9 Å². The van der Waals surface area contributed by atoms with Crippen molar-refractivity contribution < 1.29 is 9.59 Å². The van der Waals surface area contributed by atoms with Gasteiger partial charge in [0.2, 0.25) is 11.8 Å². The number of hydrogen-bond acceptors (Lipinski definition) is 2. The first-order chi connectivity index (χ1) is 9.51. The van der Waals surface area contributed by atoms with Gasteiger partial charge in [0.25, 0.3) is 0 Å². The van der Waals surface area contributed by atoms with E-state index in [1.54, 1.807) is 0 Å². The Hall–Kier alpha value is -1.36. The quantitative estimate of drug-likeness (QED) is 0.647. The van der Waals surface area contributed by atoms with Crippen molar-refractivity contribution in [3.8, 4) is 0 Å². The lowest BCUT2D eigenvalue weighted by Crippen LogP contribution is -2.16. The molecule has 2 unspecified atom stereocenters. The van der Waals surface area contributed by atoms with Crippen LogP contribution in [0.2, 0.25) is 0 Å². The third kappa shape index (κ3) is 3.39. The first-order valence-electron chi connectivity index (χ1n) is 6.89. The van der Waals surface area contributed by atoms with Crippen molar-refractivity contribution >= 4 is 39.1 Å². The highest BCUT2D eigenvalue weighted by molar-refractivity contribution is 9.09. The van der Waals surface area contributed by atoms with E-state index in [-0.39, 0.29) is 23.1 Å². The van der Waals surface area contributed by atoms with E-state index < -0.39 is 0 Å². The molecular formula is C15H19BrN2O2. The summed E-state index contributed by atoms with van der Waals surface area (Å²) in [5.74, 6) is -0.0380. The highest BCUT2D eigenvalue weighted by atomic mass is 79.9. The van der Waals surface area contributed by atoms with E-state index in [1.165, 1.54) is 0 Å². The molecule has 0 bridgehead atoms. The molecule has 0 spiro atoms. The average molecular weight is 339 g/mol. The van der Waals surface area contributed by atoms with E-state index in [0.717, 1.165) is 18.4 Å². The number of rotatable bonds is 4. The van der Waals surface area contributed by atoms with E-state index in [0.29, 0.717) is 17.3 Å². The summed E-state index contributed by atoms with van der Waals surface area (Å²) in [7, 11) is 0. The summed E-state index contributed by atoms with van der Waals surface area (Å²) in [5.41, 5.74) is 2.44. The molecule has 2 atom stereocenters. The Bertz CT molecular complexity index is 531. The molecule has 0 aromatic heterocycles. The summed E-state index contributed by atoms with van der Waals surface area (Å²) in [6.45, 7) is 4.37. The molecule has 2 N–H and O–H groups in total. The van der Waals surface area contributed by atoms with E-state index in [1.807, 2.05) is 18.2 Å². The van der Waals surface area contributed by atoms with Crippen LogP contribution in [0.5, 0.6) is 0 Å². The van der Waals surface area contributed by atoms with Gasteiger partial charge in [0.1, 0.15) is 6.42 Å². The molecule has 1 aliphatic heterocycles. The van der Waals surface area contributed by atoms with Crippen LogP contribution < -0.4 is 10.6 Å². The second-order valence-electron chi connectivity index (χ2n) is 5.25. The van der Waals surface area contributed by atoms with Crippen LogP contribution in [0.25, 0.3) is 0 Å². The molecule has 108 valence electrons. The maximum atomic E-state index is 11.6. The normalized spacial score (nSPS) is 17.6. The van der Waals surface area contributed by atoms with Crippen LogP contribution in [0.4, 0.5) is 11.4 Å². The van der Waals surface area contributed by atoms with Crippen LogP contribution >= 0.6 is 15.9 Å². The Morgan fingerprint density at radius 3 is 2.50 bits per heavy atom. The first-order valence-corrected chi connectivity index (χ1v) is 7.80. The molecule has 0 fully saturated rings. The number of amides is 2. The highest BCUT2D eigenvalue weighted by Crippen LogP contribution is 2.37. The van der Waals surface area contributed by atoms with Gasteiger partial charge in [-0.3, -0.25) is 9.59 Å². The Labute approximate surface area is 127 Å². The monoisotopic (exact) mass is 338 g/mol. The number of anilines is 2. The van der Waals surface area contributed by atoms with Gasteiger partial charge in [0, 0.05) is 4.83 Å². The third-order valence-electron chi connectivity index (χ3n) is 3.47. The molecule has 2 amide bonds. The molecule has 0 radical (unpaired) electrons. The molecule has 1 aromatic rings. The molecule has 5 heteroatoms. The molecular weight excluding hydrogens is 320 g/mol. The zero-order chi connectivity index (χ0) is 14.7. The topological polar surface area (TPSA) is 58.2 Å². The average Bonchev–Trinajstić information content (AvgIpc) is 2.53. The Balaban J connectivity index is 2.27. The lowest BCUT2D eigenvalue weighted by molar-refractivity contribution is -0.123. The number of halogens is 1. The molecule has 20 heavy (non-hydrogen) atoms. The van der Waals surface area contributed by atoms with E-state index in [4.69, 9.17) is 0 Å². The van der Waals surface area contributed by atoms with Gasteiger partial charge in [-0.1, -0.05) is 42.3 Å². The minimum absolute atomic E-state index is 0.131. The van der Waals surface area contributed by atoms with Gasteiger partial charge >= 0.3 is 0 Å². The van der Waals surface area contributed by atoms with Gasteiger partial charge in [-0.05, 0) is 30.0 Å². The fraction of sp³-hybridized carbons (Fsp3) is 0.467. The van der Waals surface area contributed by atoms with Gasteiger partial charge < -0.3 is 10.6 Å². The lowest BCUT2D eigenvalue weighted by Gasteiger charge is -2.19. The Kier molecular flexibility index (Phi) is 4.81. The minimum Gasteiger partial charge on any atom is -0.324 e. The highest BCUT2D eigenvalue weighted by Gasteiger charge is 2.21. The van der Waals surface area contributed by atoms with Gasteiger partial charge in [0.15, 0.2) is 0 Å². The number of carbonyl (C=O) groups is 2. The molecule has 4 nitrogen and oxygen atoms in total. The predicted molar refractivity (Wildman–Crippen MR) is 84.1 cm³/mol. The fourth-order valence-electron chi connectivity index (χ4n) is 2.41. The maximum Gasteiger partial charge on any atom is 0.233 e. The van der Waals surface area contributed by atoms with E-state index >= 15 is 0 Å². The Morgan fingerprint density at radius 1 is 1.20 bits per heavy atom. The third-order valence-corrected chi connectivity index (χ3v) is 4.91. The number of hydrogen-bond donors (Lipinski definition) is 2. The second-order valence-corrected chi connectivity index (χ2v) is 6.23. The van der Waals surface area contributed by atoms with Crippen molar-refractivity contribution in [1.82, 2.24) is 0 Å². The van der Waals surface area contributed by atoms with Crippen molar-refractivity contribution in [1.29, 1.82) is 0 Å². The van der Waals surface area contributed by atoms with Crippen LogP contribution in [0.15, 0.2) is 18.2 Å². The first kappa shape index (κ1) is 15.0. The summed E-state index contributed by atoms with van der Waals surface area (Å²) in [5, 5.41) is 5.51. The fourth-order valence-corrected chi connectivity index (χ4v) is 2.96. The molecule has 0 saturated heterocycles. The van der Waals surface area contributed by atoms with Crippen molar-refractivity contribution in [3.63, 3.8) is 0 Å². The van der Waals surface area contributed by atoms with Crippen LogP contribution in [0, 0.1) is 5.92 Å². The number of alkyl halides is 1. The minimum atomic E-state index is -0.274. The molecule has 1 heterocycles. The van der Waals surface area contributed by atoms with Gasteiger partial charge in [-0.2, -0.15) is 0 Å². The van der Waals surface area contributed by atoms with Crippen LogP contribution in [0.3, 0.4) is 0 Å². The SMILES string of the molecule is CCCC(C)C(Br)c1ccc2c(c1)NC(=O)CC(=O)N2. The maximum absolute atomic E-state index is 11.6. The zero-order valence-corrected chi connectivity index (χ0v) is 13.3. The summed E-state index contributed by atoms with van der Waals surface area (Å²) < 4.78 is 0. The van der Waals surface area contributed by atoms with E-state index in [9.17, 15) is 9.59 Å². The lowest BCUT2D eigenvalue weighted by atomic mass is 9.96. The summed E-state index contributed by atoms with van der Waals surface area (Å²) >= 11 is 3.73. The summed E-state index contributed by atoms with van der Waals surface area (Å²) in [6.07, 6.45) is 2.14. The van der Waals surface area contributed by atoms with Crippen molar-refractivity contribution in [3.05, 3.63) is 23.8 Å². The van der Waals surface area contributed by atoms with Crippen molar-refractivity contribution in [2.24, 2.45) is 5.92 Å². The number of fused-ring (bicyclic) bond motifs is 1. The standard InChI is InChI=1S/C15H19BrN2O2/c1-3-4-9(2)15(16)10-5-6-11-12(7-10)18-14(20)8-13(19)17-11/h5-7,9,15H,3-4,8H2,1-2H3,(H,17,19)(H,18,20). The Morgan fingerprint density at radius 2 is 1.85 bits per heavy atom. The smallest absolute Gasteiger partial charge is 0.233 e. The van der Waals surface area contributed by atoms with Crippen LogP contribution in [-0.4, -0.2) is 11.8 Å². The zero-order valence-electron chi connectivity index (χ0n) is 11.7. The molecule has 2 rings (SSSR count). The van der Waals surface area contributed by atoms with Gasteiger partial charge in [-0.15, -0.1) is 0 Å². The van der Waals surface area contributed by atoms with Gasteiger partial charge in [-0.25, -0.2) is 0 Å². The molecule has 0 saturated carbocycles. The molecule has 0 aliphatic carbocycles. The molecule has 1 aromatic carbocycles. The van der Waals surface area contributed by atoms with Crippen molar-refractivity contribution in [2.75, 3.05) is 10.6 Å². The summed E-state index contributed by atoms with van der Waals surface area (Å²) in [4.78, 5) is 23.3. The number of nitrogens with one attached hydrogen (secondary N) is 2. The van der Waals surface area contributed by atoms with E-state index in [2.05, 4.69) is 40.4 Å². The number of carbonyl (C=O) groups excluding carboxylic acids is 2. The molecule has 1 aliphatic rings. The largest absolute Gasteiger partial charge is 0.324 e. The number of benzene rings is 1.